The number of hydrogen-bond donors (Lipinski definition) is 1. The van der Waals surface area contributed by atoms with E-state index in [4.69, 9.17) is 10.1 Å². The van der Waals surface area contributed by atoms with Crippen LogP contribution < -0.4 is 5.32 Å². The van der Waals surface area contributed by atoms with Crippen LogP contribution in [0, 0.1) is 19.8 Å². The number of para-hydroxylation sites is 2. The SMILES string of the molecule is C=C1[C@H](CC2CCCCC2)NC(=O)C2(CCN(Cc3c(C)nn(-c4cnc5ccccc5n4)c3C)CC2)N1CCCC. The van der Waals surface area contributed by atoms with Crippen molar-refractivity contribution in [2.24, 2.45) is 5.92 Å². The number of nitrogens with zero attached hydrogens (tertiary/aromatic N) is 6. The minimum Gasteiger partial charge on any atom is -0.359 e. The van der Waals surface area contributed by atoms with Crippen LogP contribution in [-0.2, 0) is 11.3 Å². The van der Waals surface area contributed by atoms with Crippen LogP contribution in [0.4, 0.5) is 0 Å². The van der Waals surface area contributed by atoms with Gasteiger partial charge in [0, 0.05) is 43.1 Å². The van der Waals surface area contributed by atoms with Gasteiger partial charge in [-0.3, -0.25) is 14.7 Å². The van der Waals surface area contributed by atoms with Crippen molar-refractivity contribution in [3.05, 3.63) is 59.7 Å². The molecule has 8 heteroatoms. The fourth-order valence-corrected chi connectivity index (χ4v) is 7.56. The molecule has 1 saturated carbocycles. The lowest BCUT2D eigenvalue weighted by Crippen LogP contribution is -2.69. The van der Waals surface area contributed by atoms with Crippen LogP contribution in [-0.4, -0.2) is 66.7 Å². The van der Waals surface area contributed by atoms with E-state index in [1.54, 1.807) is 6.20 Å². The van der Waals surface area contributed by atoms with E-state index in [1.807, 2.05) is 28.9 Å². The summed E-state index contributed by atoms with van der Waals surface area (Å²) in [5.74, 6) is 1.67. The number of aryl methyl sites for hydroxylation is 1. The van der Waals surface area contributed by atoms with Crippen molar-refractivity contribution in [1.29, 1.82) is 0 Å². The van der Waals surface area contributed by atoms with Crippen LogP contribution in [0.3, 0.4) is 0 Å². The van der Waals surface area contributed by atoms with Gasteiger partial charge in [-0.1, -0.05) is 64.2 Å². The number of piperazine rings is 1. The van der Waals surface area contributed by atoms with E-state index >= 15 is 0 Å². The minimum atomic E-state index is -0.485. The molecule has 0 bridgehead atoms. The van der Waals surface area contributed by atoms with Gasteiger partial charge in [0.1, 0.15) is 5.54 Å². The molecule has 3 aliphatic rings. The number of unbranched alkanes of at least 4 members (excludes halogenated alkanes) is 1. The Hall–Kier alpha value is -3.26. The highest BCUT2D eigenvalue weighted by molar-refractivity contribution is 5.88. The second-order valence-electron chi connectivity index (χ2n) is 12.8. The number of rotatable bonds is 8. The Kier molecular flexibility index (Phi) is 8.35. The van der Waals surface area contributed by atoms with Crippen LogP contribution in [0.25, 0.3) is 16.9 Å². The number of fused-ring (bicyclic) bond motifs is 1. The molecule has 4 heterocycles. The first-order valence-electron chi connectivity index (χ1n) is 16.2. The Morgan fingerprint density at radius 1 is 1.07 bits per heavy atom. The molecule has 3 aromatic rings. The molecule has 2 saturated heterocycles. The van der Waals surface area contributed by atoms with Gasteiger partial charge in [-0.05, 0) is 57.6 Å². The van der Waals surface area contributed by atoms with E-state index in [9.17, 15) is 4.79 Å². The van der Waals surface area contributed by atoms with E-state index < -0.39 is 5.54 Å². The lowest BCUT2D eigenvalue weighted by molar-refractivity contribution is -0.140. The van der Waals surface area contributed by atoms with Gasteiger partial charge in [-0.25, -0.2) is 9.67 Å². The first-order valence-corrected chi connectivity index (χ1v) is 16.2. The average molecular weight is 570 g/mol. The maximum Gasteiger partial charge on any atom is 0.246 e. The normalized spacial score (nSPS) is 21.8. The summed E-state index contributed by atoms with van der Waals surface area (Å²) in [4.78, 5) is 28.3. The van der Waals surface area contributed by atoms with Gasteiger partial charge in [-0.2, -0.15) is 5.10 Å². The fourth-order valence-electron chi connectivity index (χ4n) is 7.56. The molecule has 42 heavy (non-hydrogen) atoms. The summed E-state index contributed by atoms with van der Waals surface area (Å²) in [5.41, 5.74) is 5.75. The summed E-state index contributed by atoms with van der Waals surface area (Å²) < 4.78 is 1.92. The summed E-state index contributed by atoms with van der Waals surface area (Å²) in [6, 6.07) is 8.01. The fraction of sp³-hybridized carbons (Fsp3) is 0.588. The maximum atomic E-state index is 13.9. The topological polar surface area (TPSA) is 79.2 Å². The lowest BCUT2D eigenvalue weighted by atomic mass is 9.78. The van der Waals surface area contributed by atoms with Gasteiger partial charge in [0.25, 0.3) is 0 Å². The molecule has 0 unspecified atom stereocenters. The van der Waals surface area contributed by atoms with E-state index in [1.165, 1.54) is 37.7 Å². The molecule has 1 spiro atoms. The van der Waals surface area contributed by atoms with Crippen LogP contribution in [0.2, 0.25) is 0 Å². The second-order valence-corrected chi connectivity index (χ2v) is 12.8. The Bertz CT molecular complexity index is 1430. The highest BCUT2D eigenvalue weighted by atomic mass is 16.2. The Balaban J connectivity index is 1.16. The molecule has 3 fully saturated rings. The standard InChI is InChI=1S/C34H47N7O/c1-5-6-18-40-26(4)31(21-27-12-8-7-9-13-27)37-33(42)34(40)16-19-39(20-17-34)23-28-24(2)38-41(25(28)3)32-22-35-29-14-10-11-15-30(29)36-32/h10-11,14-15,22,27,31H,4-9,12-13,16-21,23H2,1-3H3,(H,37,42)/t31-/m0/s1. The Morgan fingerprint density at radius 2 is 1.81 bits per heavy atom. The van der Waals surface area contributed by atoms with E-state index in [0.29, 0.717) is 5.92 Å². The van der Waals surface area contributed by atoms with Crippen molar-refractivity contribution in [2.75, 3.05) is 19.6 Å². The smallest absolute Gasteiger partial charge is 0.246 e. The van der Waals surface area contributed by atoms with Gasteiger partial charge in [0.2, 0.25) is 5.91 Å². The van der Waals surface area contributed by atoms with Crippen LogP contribution in [0.15, 0.2) is 42.7 Å². The van der Waals surface area contributed by atoms with Gasteiger partial charge in [0.15, 0.2) is 5.82 Å². The number of aromatic nitrogens is 4. The van der Waals surface area contributed by atoms with E-state index in [0.717, 1.165) is 92.2 Å². The minimum absolute atomic E-state index is 0.0791. The Labute approximate surface area is 250 Å². The molecule has 6 rings (SSSR count). The van der Waals surface area contributed by atoms with Crippen molar-refractivity contribution in [3.8, 4) is 5.82 Å². The van der Waals surface area contributed by atoms with Gasteiger partial charge < -0.3 is 10.2 Å². The lowest BCUT2D eigenvalue weighted by Gasteiger charge is -2.54. The summed E-state index contributed by atoms with van der Waals surface area (Å²) in [6.45, 7) is 14.5. The third kappa shape index (κ3) is 5.46. The van der Waals surface area contributed by atoms with Crippen LogP contribution in [0.1, 0.15) is 88.1 Å². The number of piperidine rings is 1. The summed E-state index contributed by atoms with van der Waals surface area (Å²) >= 11 is 0. The number of amides is 1. The summed E-state index contributed by atoms with van der Waals surface area (Å²) in [6.07, 6.45) is 13.3. The number of carbonyl (C=O) groups excluding carboxylic acids is 1. The molecule has 8 nitrogen and oxygen atoms in total. The number of hydrogen-bond acceptors (Lipinski definition) is 6. The van der Waals surface area contributed by atoms with E-state index in [2.05, 4.69) is 47.5 Å². The molecule has 1 N–H and O–H groups in total. The summed E-state index contributed by atoms with van der Waals surface area (Å²) in [7, 11) is 0. The number of nitrogens with one attached hydrogen (secondary N) is 1. The number of benzene rings is 1. The molecular formula is C34H47N7O. The van der Waals surface area contributed by atoms with Crippen molar-refractivity contribution < 1.29 is 4.79 Å². The summed E-state index contributed by atoms with van der Waals surface area (Å²) in [5, 5.41) is 8.34. The van der Waals surface area contributed by atoms with Gasteiger partial charge in [-0.15, -0.1) is 0 Å². The second kappa shape index (κ2) is 12.2. The molecule has 224 valence electrons. The predicted octanol–water partition coefficient (Wildman–Crippen LogP) is 5.85. The molecule has 1 amide bonds. The third-order valence-corrected chi connectivity index (χ3v) is 10.2. The average Bonchev–Trinajstić information content (AvgIpc) is 3.29. The molecule has 1 aliphatic carbocycles. The van der Waals surface area contributed by atoms with Crippen LogP contribution >= 0.6 is 0 Å². The number of carbonyl (C=O) groups is 1. The number of likely N-dealkylation sites (tertiary alicyclic amines) is 1. The highest BCUT2D eigenvalue weighted by Crippen LogP contribution is 2.39. The van der Waals surface area contributed by atoms with Crippen molar-refractivity contribution in [1.82, 2.24) is 34.9 Å². The van der Waals surface area contributed by atoms with Gasteiger partial charge >= 0.3 is 0 Å². The highest BCUT2D eigenvalue weighted by Gasteiger charge is 2.51. The molecule has 0 radical (unpaired) electrons. The first-order chi connectivity index (χ1) is 20.4. The Morgan fingerprint density at radius 3 is 2.55 bits per heavy atom. The first kappa shape index (κ1) is 28.8. The van der Waals surface area contributed by atoms with Crippen molar-refractivity contribution in [3.63, 3.8) is 0 Å². The molecule has 2 aromatic heterocycles. The molecule has 1 atom stereocenters. The zero-order valence-electron chi connectivity index (χ0n) is 25.7. The zero-order chi connectivity index (χ0) is 29.3. The predicted molar refractivity (Wildman–Crippen MR) is 167 cm³/mol. The largest absolute Gasteiger partial charge is 0.359 e. The van der Waals surface area contributed by atoms with Crippen LogP contribution in [0.5, 0.6) is 0 Å². The molecular weight excluding hydrogens is 522 g/mol. The monoisotopic (exact) mass is 569 g/mol. The van der Waals surface area contributed by atoms with Crippen molar-refractivity contribution >= 4 is 16.9 Å². The molecule has 2 aliphatic heterocycles. The van der Waals surface area contributed by atoms with E-state index in [-0.39, 0.29) is 11.9 Å². The third-order valence-electron chi connectivity index (χ3n) is 10.2. The van der Waals surface area contributed by atoms with Crippen molar-refractivity contribution in [2.45, 2.75) is 103 Å². The maximum absolute atomic E-state index is 13.9. The zero-order valence-corrected chi connectivity index (χ0v) is 25.7. The van der Waals surface area contributed by atoms with Gasteiger partial charge in [0.05, 0.1) is 29.0 Å². The quantitative estimate of drug-likeness (QED) is 0.367. The molecule has 1 aromatic carbocycles.